The summed E-state index contributed by atoms with van der Waals surface area (Å²) in [5, 5.41) is 7.56. The van der Waals surface area contributed by atoms with Crippen molar-refractivity contribution in [3.8, 4) is 33.3 Å². The standard InChI is InChI=1S/C29H35N7O2S/c1-6-30-29-34-26(20-15-19(2)16-22(17-20)37-4)27(39-29)23-9-10-31-28(33-23)32-21-7-8-24(25(18-21)38-5)36-13-11-35(3)12-14-36/h7-10,15-18H,6,11-14H2,1-5H3,(H,30,34)(H,31,32,33). The lowest BCUT2D eigenvalue weighted by molar-refractivity contribution is 0.311. The SMILES string of the molecule is CCNc1nc(-c2cc(C)cc(OC)c2)c(-c2ccnc(Nc3ccc(N4CCN(C)CC4)c(OC)c3)n2)s1. The molecule has 2 aromatic carbocycles. The number of ether oxygens (including phenoxy) is 2. The molecular weight excluding hydrogens is 510 g/mol. The van der Waals surface area contributed by atoms with Crippen molar-refractivity contribution >= 4 is 33.8 Å². The van der Waals surface area contributed by atoms with Crippen LogP contribution in [-0.2, 0) is 0 Å². The second kappa shape index (κ2) is 11.9. The highest BCUT2D eigenvalue weighted by atomic mass is 32.1. The third kappa shape index (κ3) is 6.07. The molecular formula is C29H35N7O2S. The zero-order valence-corrected chi connectivity index (χ0v) is 23.9. The molecule has 0 aliphatic carbocycles. The Morgan fingerprint density at radius 2 is 1.79 bits per heavy atom. The van der Waals surface area contributed by atoms with Gasteiger partial charge in [-0.05, 0) is 62.9 Å². The zero-order chi connectivity index (χ0) is 27.4. The number of benzene rings is 2. The van der Waals surface area contributed by atoms with E-state index in [0.29, 0.717) is 5.95 Å². The van der Waals surface area contributed by atoms with Crippen LogP contribution >= 0.6 is 11.3 Å². The molecule has 0 bridgehead atoms. The average molecular weight is 546 g/mol. The Labute approximate surface area is 233 Å². The van der Waals surface area contributed by atoms with E-state index < -0.39 is 0 Å². The molecule has 9 nitrogen and oxygen atoms in total. The van der Waals surface area contributed by atoms with Crippen LogP contribution in [0, 0.1) is 6.92 Å². The van der Waals surface area contributed by atoms with Crippen molar-refractivity contribution in [2.45, 2.75) is 13.8 Å². The van der Waals surface area contributed by atoms with Gasteiger partial charge in [0, 0.05) is 56.2 Å². The molecule has 1 fully saturated rings. The van der Waals surface area contributed by atoms with Gasteiger partial charge in [0.15, 0.2) is 5.13 Å². The van der Waals surface area contributed by atoms with Crippen LogP contribution in [0.3, 0.4) is 0 Å². The summed E-state index contributed by atoms with van der Waals surface area (Å²) < 4.78 is 11.3. The van der Waals surface area contributed by atoms with Gasteiger partial charge in [-0.3, -0.25) is 0 Å². The number of aromatic nitrogens is 3. The fourth-order valence-electron chi connectivity index (χ4n) is 4.66. The molecule has 10 heteroatoms. The number of thiazole rings is 1. The van der Waals surface area contributed by atoms with Crippen molar-refractivity contribution in [1.29, 1.82) is 0 Å². The molecule has 0 unspecified atom stereocenters. The van der Waals surface area contributed by atoms with Crippen LogP contribution in [-0.4, -0.2) is 73.8 Å². The van der Waals surface area contributed by atoms with E-state index in [0.717, 1.165) is 88.1 Å². The van der Waals surface area contributed by atoms with Gasteiger partial charge in [0.2, 0.25) is 5.95 Å². The number of aryl methyl sites for hydroxylation is 1. The van der Waals surface area contributed by atoms with E-state index in [1.54, 1.807) is 31.8 Å². The summed E-state index contributed by atoms with van der Waals surface area (Å²) in [7, 11) is 5.55. The van der Waals surface area contributed by atoms with Gasteiger partial charge in [0.05, 0.1) is 36.2 Å². The highest BCUT2D eigenvalue weighted by molar-refractivity contribution is 7.19. The monoisotopic (exact) mass is 545 g/mol. The summed E-state index contributed by atoms with van der Waals surface area (Å²) in [6, 6.07) is 14.2. The van der Waals surface area contributed by atoms with Crippen molar-refractivity contribution in [2.75, 3.05) is 69.5 Å². The van der Waals surface area contributed by atoms with E-state index in [-0.39, 0.29) is 0 Å². The number of hydrogen-bond acceptors (Lipinski definition) is 10. The van der Waals surface area contributed by atoms with Gasteiger partial charge in [0.25, 0.3) is 0 Å². The van der Waals surface area contributed by atoms with Crippen LogP contribution in [0.2, 0.25) is 0 Å². The van der Waals surface area contributed by atoms with Crippen molar-refractivity contribution in [2.24, 2.45) is 0 Å². The van der Waals surface area contributed by atoms with E-state index in [2.05, 4.69) is 58.4 Å². The molecule has 2 N–H and O–H groups in total. The van der Waals surface area contributed by atoms with Gasteiger partial charge in [-0.1, -0.05) is 11.3 Å². The molecule has 3 heterocycles. The molecule has 39 heavy (non-hydrogen) atoms. The maximum absolute atomic E-state index is 5.76. The number of likely N-dealkylation sites (N-methyl/N-ethyl adjacent to an activating group) is 1. The lowest BCUT2D eigenvalue weighted by Crippen LogP contribution is -2.44. The van der Waals surface area contributed by atoms with Crippen LogP contribution in [0.1, 0.15) is 12.5 Å². The smallest absolute Gasteiger partial charge is 0.227 e. The fraction of sp³-hybridized carbons (Fsp3) is 0.345. The Kier molecular flexibility index (Phi) is 8.13. The van der Waals surface area contributed by atoms with Crippen LogP contribution < -0.4 is 25.0 Å². The fourth-order valence-corrected chi connectivity index (χ4v) is 5.68. The molecule has 4 aromatic rings. The minimum absolute atomic E-state index is 0.507. The van der Waals surface area contributed by atoms with Gasteiger partial charge in [-0.15, -0.1) is 0 Å². The van der Waals surface area contributed by atoms with Crippen molar-refractivity contribution in [3.63, 3.8) is 0 Å². The molecule has 0 saturated carbocycles. The van der Waals surface area contributed by atoms with Crippen LogP contribution in [0.25, 0.3) is 21.8 Å². The summed E-state index contributed by atoms with van der Waals surface area (Å²) in [6.07, 6.45) is 1.77. The molecule has 1 saturated heterocycles. The van der Waals surface area contributed by atoms with Gasteiger partial charge in [0.1, 0.15) is 11.5 Å². The third-order valence-electron chi connectivity index (χ3n) is 6.68. The predicted octanol–water partition coefficient (Wildman–Crippen LogP) is 5.52. The van der Waals surface area contributed by atoms with Gasteiger partial charge >= 0.3 is 0 Å². The molecule has 204 valence electrons. The first-order valence-corrected chi connectivity index (χ1v) is 13.9. The van der Waals surface area contributed by atoms with Gasteiger partial charge < -0.3 is 29.9 Å². The Morgan fingerprint density at radius 3 is 2.54 bits per heavy atom. The first-order chi connectivity index (χ1) is 19.0. The molecule has 2 aromatic heterocycles. The molecule has 0 atom stereocenters. The average Bonchev–Trinajstić information content (AvgIpc) is 3.37. The van der Waals surface area contributed by atoms with E-state index in [1.807, 2.05) is 30.3 Å². The topological polar surface area (TPSA) is 87.7 Å². The quantitative estimate of drug-likeness (QED) is 0.282. The summed E-state index contributed by atoms with van der Waals surface area (Å²) in [5.41, 5.74) is 5.71. The maximum Gasteiger partial charge on any atom is 0.227 e. The molecule has 0 spiro atoms. The van der Waals surface area contributed by atoms with E-state index in [4.69, 9.17) is 19.4 Å². The zero-order valence-electron chi connectivity index (χ0n) is 23.1. The van der Waals surface area contributed by atoms with E-state index >= 15 is 0 Å². The Morgan fingerprint density at radius 1 is 0.974 bits per heavy atom. The first-order valence-electron chi connectivity index (χ1n) is 13.1. The Hall–Kier alpha value is -3.89. The minimum Gasteiger partial charge on any atom is -0.497 e. The second-order valence-electron chi connectivity index (χ2n) is 9.53. The normalized spacial score (nSPS) is 13.8. The highest BCUT2D eigenvalue weighted by Crippen LogP contribution is 2.40. The molecule has 5 rings (SSSR count). The first kappa shape index (κ1) is 26.7. The largest absolute Gasteiger partial charge is 0.497 e. The molecule has 0 amide bonds. The molecule has 1 aliphatic heterocycles. The number of methoxy groups -OCH3 is 2. The van der Waals surface area contributed by atoms with Gasteiger partial charge in [-0.25, -0.2) is 15.0 Å². The van der Waals surface area contributed by atoms with E-state index in [9.17, 15) is 0 Å². The second-order valence-corrected chi connectivity index (χ2v) is 10.5. The number of hydrogen-bond donors (Lipinski definition) is 2. The molecule has 0 radical (unpaired) electrons. The van der Waals surface area contributed by atoms with E-state index in [1.165, 1.54) is 0 Å². The number of piperazine rings is 1. The van der Waals surface area contributed by atoms with Crippen LogP contribution in [0.15, 0.2) is 48.7 Å². The van der Waals surface area contributed by atoms with Crippen molar-refractivity contribution in [3.05, 3.63) is 54.2 Å². The summed E-state index contributed by atoms with van der Waals surface area (Å²) in [6.45, 7) is 8.92. The van der Waals surface area contributed by atoms with Crippen LogP contribution in [0.5, 0.6) is 11.5 Å². The number of anilines is 4. The summed E-state index contributed by atoms with van der Waals surface area (Å²) in [5.74, 6) is 2.13. The Bertz CT molecular complexity index is 1430. The predicted molar refractivity (Wildman–Crippen MR) is 160 cm³/mol. The number of nitrogens with one attached hydrogen (secondary N) is 2. The lowest BCUT2D eigenvalue weighted by Gasteiger charge is -2.34. The van der Waals surface area contributed by atoms with Crippen molar-refractivity contribution in [1.82, 2.24) is 19.9 Å². The lowest BCUT2D eigenvalue weighted by atomic mass is 10.1. The number of rotatable bonds is 9. The van der Waals surface area contributed by atoms with Crippen LogP contribution in [0.4, 0.5) is 22.5 Å². The molecule has 1 aliphatic rings. The maximum atomic E-state index is 5.76. The highest BCUT2D eigenvalue weighted by Gasteiger charge is 2.20. The number of nitrogens with zero attached hydrogens (tertiary/aromatic N) is 5. The summed E-state index contributed by atoms with van der Waals surface area (Å²) >= 11 is 1.58. The summed E-state index contributed by atoms with van der Waals surface area (Å²) in [4.78, 5) is 19.9. The third-order valence-corrected chi connectivity index (χ3v) is 7.72. The minimum atomic E-state index is 0.507. The van der Waals surface area contributed by atoms with Gasteiger partial charge in [-0.2, -0.15) is 0 Å². The Balaban J connectivity index is 1.44. The van der Waals surface area contributed by atoms with Crippen molar-refractivity contribution < 1.29 is 9.47 Å².